The zero-order valence-corrected chi connectivity index (χ0v) is 8.87. The molecule has 1 unspecified atom stereocenters. The first-order chi connectivity index (χ1) is 7.90. The molecule has 0 bridgehead atoms. The Bertz CT molecular complexity index is 400. The van der Waals surface area contributed by atoms with Gasteiger partial charge in [-0.05, 0) is 18.2 Å². The summed E-state index contributed by atoms with van der Waals surface area (Å²) < 4.78 is 10.8. The molecule has 0 aromatic carbocycles. The van der Waals surface area contributed by atoms with Crippen molar-refractivity contribution in [1.29, 1.82) is 0 Å². The van der Waals surface area contributed by atoms with Crippen LogP contribution in [0.4, 0.5) is 0 Å². The van der Waals surface area contributed by atoms with Gasteiger partial charge in [-0.1, -0.05) is 6.07 Å². The highest BCUT2D eigenvalue weighted by atomic mass is 16.5. The summed E-state index contributed by atoms with van der Waals surface area (Å²) in [6, 6.07) is 7.53. The SMILES string of the molecule is NCC(OCc1ccco1)c1cccnc1. The molecule has 2 aromatic heterocycles. The normalized spacial score (nSPS) is 12.6. The van der Waals surface area contributed by atoms with E-state index in [0.29, 0.717) is 13.2 Å². The molecule has 0 saturated heterocycles. The smallest absolute Gasteiger partial charge is 0.129 e. The maximum absolute atomic E-state index is 5.66. The van der Waals surface area contributed by atoms with Gasteiger partial charge in [0.15, 0.2) is 0 Å². The van der Waals surface area contributed by atoms with Gasteiger partial charge in [0.2, 0.25) is 0 Å². The Morgan fingerprint density at radius 1 is 1.38 bits per heavy atom. The van der Waals surface area contributed by atoms with Crippen molar-refractivity contribution in [3.8, 4) is 0 Å². The van der Waals surface area contributed by atoms with Crippen LogP contribution in [0.2, 0.25) is 0 Å². The lowest BCUT2D eigenvalue weighted by molar-refractivity contribution is 0.0353. The van der Waals surface area contributed by atoms with Crippen molar-refractivity contribution >= 4 is 0 Å². The number of nitrogens with zero attached hydrogens (tertiary/aromatic N) is 1. The van der Waals surface area contributed by atoms with E-state index in [1.807, 2.05) is 24.3 Å². The van der Waals surface area contributed by atoms with E-state index in [-0.39, 0.29) is 6.10 Å². The number of pyridine rings is 1. The Morgan fingerprint density at radius 2 is 2.31 bits per heavy atom. The number of aromatic nitrogens is 1. The van der Waals surface area contributed by atoms with E-state index >= 15 is 0 Å². The third-order valence-electron chi connectivity index (χ3n) is 2.28. The number of nitrogens with two attached hydrogens (primary N) is 1. The molecule has 0 saturated carbocycles. The predicted octanol–water partition coefficient (Wildman–Crippen LogP) is 1.89. The van der Waals surface area contributed by atoms with E-state index in [1.54, 1.807) is 18.7 Å². The van der Waals surface area contributed by atoms with Crippen LogP contribution in [0, 0.1) is 0 Å². The van der Waals surface area contributed by atoms with E-state index in [9.17, 15) is 0 Å². The molecule has 2 rings (SSSR count). The lowest BCUT2D eigenvalue weighted by Gasteiger charge is -2.14. The largest absolute Gasteiger partial charge is 0.467 e. The molecule has 16 heavy (non-hydrogen) atoms. The fourth-order valence-electron chi connectivity index (χ4n) is 1.44. The second kappa shape index (κ2) is 5.44. The Morgan fingerprint density at radius 3 is 2.94 bits per heavy atom. The molecule has 0 aliphatic carbocycles. The van der Waals surface area contributed by atoms with Crippen molar-refractivity contribution in [3.63, 3.8) is 0 Å². The van der Waals surface area contributed by atoms with Gasteiger partial charge in [-0.25, -0.2) is 0 Å². The van der Waals surface area contributed by atoms with Gasteiger partial charge < -0.3 is 14.9 Å². The molecule has 4 nitrogen and oxygen atoms in total. The molecule has 0 fully saturated rings. The van der Waals surface area contributed by atoms with Crippen molar-refractivity contribution < 1.29 is 9.15 Å². The van der Waals surface area contributed by atoms with Crippen LogP contribution in [-0.4, -0.2) is 11.5 Å². The van der Waals surface area contributed by atoms with Crippen molar-refractivity contribution in [2.75, 3.05) is 6.54 Å². The molecular weight excluding hydrogens is 204 g/mol. The van der Waals surface area contributed by atoms with Crippen molar-refractivity contribution in [1.82, 2.24) is 4.98 Å². The molecule has 84 valence electrons. The highest BCUT2D eigenvalue weighted by molar-refractivity contribution is 5.12. The Hall–Kier alpha value is -1.65. The summed E-state index contributed by atoms with van der Waals surface area (Å²) in [4.78, 5) is 4.04. The number of hydrogen-bond acceptors (Lipinski definition) is 4. The molecule has 0 amide bonds. The summed E-state index contributed by atoms with van der Waals surface area (Å²) in [5.74, 6) is 0.794. The first-order valence-corrected chi connectivity index (χ1v) is 5.14. The second-order valence-corrected chi connectivity index (χ2v) is 3.40. The summed E-state index contributed by atoms with van der Waals surface area (Å²) in [6.45, 7) is 0.843. The Kier molecular flexibility index (Phi) is 3.69. The van der Waals surface area contributed by atoms with Crippen LogP contribution in [0.3, 0.4) is 0 Å². The molecule has 2 aromatic rings. The summed E-state index contributed by atoms with van der Waals surface area (Å²) in [5.41, 5.74) is 6.64. The highest BCUT2D eigenvalue weighted by Crippen LogP contribution is 2.16. The van der Waals surface area contributed by atoms with Gasteiger partial charge >= 0.3 is 0 Å². The summed E-state index contributed by atoms with van der Waals surface area (Å²) in [5, 5.41) is 0. The monoisotopic (exact) mass is 218 g/mol. The van der Waals surface area contributed by atoms with Crippen LogP contribution in [0.1, 0.15) is 17.4 Å². The number of furan rings is 1. The second-order valence-electron chi connectivity index (χ2n) is 3.40. The van der Waals surface area contributed by atoms with E-state index in [2.05, 4.69) is 4.98 Å². The fourth-order valence-corrected chi connectivity index (χ4v) is 1.44. The quantitative estimate of drug-likeness (QED) is 0.832. The van der Waals surface area contributed by atoms with Gasteiger partial charge in [0.05, 0.1) is 12.4 Å². The van der Waals surface area contributed by atoms with Crippen molar-refractivity contribution in [2.24, 2.45) is 5.73 Å². The molecule has 2 heterocycles. The van der Waals surface area contributed by atoms with Gasteiger partial charge in [-0.15, -0.1) is 0 Å². The van der Waals surface area contributed by atoms with Gasteiger partial charge in [0.25, 0.3) is 0 Å². The first kappa shape index (κ1) is 10.9. The van der Waals surface area contributed by atoms with E-state index in [1.165, 1.54) is 0 Å². The third kappa shape index (κ3) is 2.68. The zero-order chi connectivity index (χ0) is 11.2. The molecule has 1 atom stereocenters. The van der Waals surface area contributed by atoms with Crippen molar-refractivity contribution in [3.05, 3.63) is 54.2 Å². The zero-order valence-electron chi connectivity index (χ0n) is 8.87. The van der Waals surface area contributed by atoms with Gasteiger partial charge in [-0.3, -0.25) is 4.98 Å². The Labute approximate surface area is 94.1 Å². The van der Waals surface area contributed by atoms with E-state index in [4.69, 9.17) is 14.9 Å². The van der Waals surface area contributed by atoms with Gasteiger partial charge in [0.1, 0.15) is 12.4 Å². The fraction of sp³-hybridized carbons (Fsp3) is 0.250. The number of rotatable bonds is 5. The maximum atomic E-state index is 5.66. The summed E-state index contributed by atoms with van der Waals surface area (Å²) in [6.07, 6.45) is 4.97. The molecule has 4 heteroatoms. The Balaban J connectivity index is 1.96. The minimum Gasteiger partial charge on any atom is -0.467 e. The van der Waals surface area contributed by atoms with Crippen LogP contribution in [0.15, 0.2) is 47.3 Å². The van der Waals surface area contributed by atoms with Gasteiger partial charge in [-0.2, -0.15) is 0 Å². The lowest BCUT2D eigenvalue weighted by Crippen LogP contribution is -2.15. The van der Waals surface area contributed by atoms with Crippen LogP contribution in [0.5, 0.6) is 0 Å². The average molecular weight is 218 g/mol. The van der Waals surface area contributed by atoms with Crippen LogP contribution in [0.25, 0.3) is 0 Å². The summed E-state index contributed by atoms with van der Waals surface area (Å²) in [7, 11) is 0. The van der Waals surface area contributed by atoms with E-state index in [0.717, 1.165) is 11.3 Å². The molecule has 0 aliphatic rings. The summed E-state index contributed by atoms with van der Waals surface area (Å²) >= 11 is 0. The van der Waals surface area contributed by atoms with Crippen LogP contribution in [-0.2, 0) is 11.3 Å². The number of ether oxygens (including phenoxy) is 1. The predicted molar refractivity (Wildman–Crippen MR) is 59.5 cm³/mol. The minimum atomic E-state index is -0.140. The topological polar surface area (TPSA) is 61.3 Å². The molecular formula is C12H14N2O2. The maximum Gasteiger partial charge on any atom is 0.129 e. The lowest BCUT2D eigenvalue weighted by atomic mass is 10.1. The molecule has 0 aliphatic heterocycles. The highest BCUT2D eigenvalue weighted by Gasteiger charge is 2.10. The van der Waals surface area contributed by atoms with Crippen molar-refractivity contribution in [2.45, 2.75) is 12.7 Å². The van der Waals surface area contributed by atoms with Crippen LogP contribution >= 0.6 is 0 Å². The molecule has 2 N–H and O–H groups in total. The minimum absolute atomic E-state index is 0.140. The standard InChI is InChI=1S/C12H14N2O2/c13-7-12(10-3-1-5-14-8-10)16-9-11-4-2-6-15-11/h1-6,8,12H,7,9,13H2. The average Bonchev–Trinajstić information content (AvgIpc) is 2.84. The van der Waals surface area contributed by atoms with E-state index < -0.39 is 0 Å². The third-order valence-corrected chi connectivity index (χ3v) is 2.28. The van der Waals surface area contributed by atoms with Crippen LogP contribution < -0.4 is 5.73 Å². The number of hydrogen-bond donors (Lipinski definition) is 1. The van der Waals surface area contributed by atoms with Gasteiger partial charge in [0, 0.05) is 24.5 Å². The molecule has 0 radical (unpaired) electrons. The first-order valence-electron chi connectivity index (χ1n) is 5.14. The molecule has 0 spiro atoms.